The van der Waals surface area contributed by atoms with Crippen LogP contribution in [0.4, 0.5) is 0 Å². The maximum Gasteiger partial charge on any atom is 0.106 e. The van der Waals surface area contributed by atoms with Crippen molar-refractivity contribution in [2.75, 3.05) is 7.05 Å². The number of hydrogen-bond acceptors (Lipinski definition) is 2. The van der Waals surface area contributed by atoms with Gasteiger partial charge < -0.3 is 5.21 Å². The molecule has 0 aliphatic heterocycles. The Morgan fingerprint density at radius 1 is 1.67 bits per heavy atom. The van der Waals surface area contributed by atoms with Crippen LogP contribution in [0.25, 0.3) is 0 Å². The molecule has 9 heavy (non-hydrogen) atoms. The Labute approximate surface area is 55.8 Å². The number of hydroxylamine groups is 2. The highest BCUT2D eigenvalue weighted by Crippen LogP contribution is 1.99. The maximum absolute atomic E-state index is 11.1. The van der Waals surface area contributed by atoms with Crippen molar-refractivity contribution in [1.29, 1.82) is 0 Å². The van der Waals surface area contributed by atoms with Gasteiger partial charge in [-0.15, -0.1) is 0 Å². The van der Waals surface area contributed by atoms with Gasteiger partial charge in [-0.3, -0.25) is 4.76 Å². The van der Waals surface area contributed by atoms with Crippen molar-refractivity contribution in [2.45, 2.75) is 19.9 Å². The summed E-state index contributed by atoms with van der Waals surface area (Å²) in [6.45, 7) is 3.61. The van der Waals surface area contributed by atoms with Gasteiger partial charge >= 0.3 is 0 Å². The first kappa shape index (κ1) is 8.28. The van der Waals surface area contributed by atoms with Crippen molar-refractivity contribution in [2.24, 2.45) is 0 Å². The normalized spacial score (nSPS) is 16.4. The third kappa shape index (κ3) is 2.36. The average Bonchev–Trinajstić information content (AvgIpc) is 1.65. The highest BCUT2D eigenvalue weighted by molar-refractivity contribution is 4.75. The summed E-state index contributed by atoms with van der Waals surface area (Å²) in [5.74, 6) is 0. The molecule has 0 rings (SSSR count). The first-order valence-electron chi connectivity index (χ1n) is 2.80. The van der Waals surface area contributed by atoms with Gasteiger partial charge in [-0.1, -0.05) is 6.42 Å². The lowest BCUT2D eigenvalue weighted by atomic mass is 10.4. The molecule has 0 aromatic carbocycles. The van der Waals surface area contributed by atoms with Gasteiger partial charge in [-0.05, 0) is 13.8 Å². The van der Waals surface area contributed by atoms with Gasteiger partial charge in [0, 0.05) is 0 Å². The van der Waals surface area contributed by atoms with Gasteiger partial charge in [-0.2, -0.15) is 5.43 Å². The van der Waals surface area contributed by atoms with Crippen LogP contribution < -0.4 is 5.43 Å². The molecule has 1 unspecified atom stereocenters. The highest BCUT2D eigenvalue weighted by atomic mass is 16.6. The van der Waals surface area contributed by atoms with Crippen LogP contribution in [0.2, 0.25) is 0 Å². The molecule has 3 heteroatoms. The summed E-state index contributed by atoms with van der Waals surface area (Å²) in [6, 6.07) is 2.04. The minimum absolute atomic E-state index is 0.0546. The minimum Gasteiger partial charge on any atom is -0.606 e. The molecule has 0 spiro atoms. The van der Waals surface area contributed by atoms with Gasteiger partial charge in [0.1, 0.15) is 6.04 Å². The van der Waals surface area contributed by atoms with E-state index in [-0.39, 0.29) is 6.04 Å². The predicted octanol–water partition coefficient (Wildman–Crippen LogP) is 0.434. The fraction of sp³-hybridized carbons (Fsp3) is 0.667. The summed E-state index contributed by atoms with van der Waals surface area (Å²) < 4.78 is -0.587. The zero-order valence-corrected chi connectivity index (χ0v) is 6.01. The van der Waals surface area contributed by atoms with Crippen molar-refractivity contribution in [3.63, 3.8) is 0 Å². The van der Waals surface area contributed by atoms with E-state index < -0.39 is 4.76 Å². The lowest BCUT2D eigenvalue weighted by Crippen LogP contribution is -2.52. The number of nitrogens with one attached hydrogen (secondary N) is 1. The Bertz CT molecular complexity index is 124. The summed E-state index contributed by atoms with van der Waals surface area (Å²) >= 11 is 0. The Balaban J connectivity index is 3.89. The predicted molar refractivity (Wildman–Crippen MR) is 36.7 cm³/mol. The van der Waals surface area contributed by atoms with Crippen LogP contribution >= 0.6 is 0 Å². The molecule has 52 valence electrons. The lowest BCUT2D eigenvalue weighted by Gasteiger charge is -2.39. The van der Waals surface area contributed by atoms with E-state index in [2.05, 4.69) is 11.5 Å². The van der Waals surface area contributed by atoms with Crippen LogP contribution in [0.1, 0.15) is 13.8 Å². The van der Waals surface area contributed by atoms with Crippen molar-refractivity contribution in [1.82, 2.24) is 5.43 Å². The molecule has 1 atom stereocenters. The zero-order valence-electron chi connectivity index (χ0n) is 6.01. The molecule has 0 amide bonds. The summed E-state index contributed by atoms with van der Waals surface area (Å²) in [4.78, 5) is 0. The Hall–Kier alpha value is -0.720. The third-order valence-electron chi connectivity index (χ3n) is 1.27. The van der Waals surface area contributed by atoms with E-state index in [1.807, 2.05) is 0 Å². The van der Waals surface area contributed by atoms with E-state index in [0.29, 0.717) is 0 Å². The monoisotopic (exact) mass is 128 g/mol. The molecule has 0 radical (unpaired) electrons. The summed E-state index contributed by atoms with van der Waals surface area (Å²) in [7, 11) is 1.48. The standard InChI is InChI=1S/C6H12N2O/c1-5-7-8(4,9)6(2)3/h1,6-7H,2-4H3. The number of terminal acetylenes is 1. The van der Waals surface area contributed by atoms with E-state index in [0.717, 1.165) is 0 Å². The maximum atomic E-state index is 11.1. The van der Waals surface area contributed by atoms with Crippen molar-refractivity contribution < 1.29 is 4.76 Å². The molecule has 0 saturated heterocycles. The molecule has 0 heterocycles. The number of rotatable bonds is 2. The Morgan fingerprint density at radius 3 is 2.22 bits per heavy atom. The number of hydrogen-bond donors (Lipinski definition) is 1. The van der Waals surface area contributed by atoms with E-state index in [9.17, 15) is 5.21 Å². The van der Waals surface area contributed by atoms with Crippen LogP contribution in [-0.4, -0.2) is 17.8 Å². The van der Waals surface area contributed by atoms with Gasteiger partial charge in [-0.25, -0.2) is 0 Å². The number of nitrogens with zero attached hydrogens (tertiary/aromatic N) is 1. The van der Waals surface area contributed by atoms with Gasteiger partial charge in [0.15, 0.2) is 0 Å². The lowest BCUT2D eigenvalue weighted by molar-refractivity contribution is -0.918. The molecule has 0 aliphatic rings. The second kappa shape index (κ2) is 2.72. The number of quaternary nitrogens is 1. The molecule has 1 N–H and O–H groups in total. The molecular formula is C6H12N2O. The average molecular weight is 128 g/mol. The Kier molecular flexibility index (Phi) is 2.50. The first-order chi connectivity index (χ1) is 4.00. The van der Waals surface area contributed by atoms with Crippen LogP contribution in [-0.2, 0) is 0 Å². The summed E-state index contributed by atoms with van der Waals surface area (Å²) in [5, 5.41) is 11.1. The van der Waals surface area contributed by atoms with E-state index in [4.69, 9.17) is 6.42 Å². The molecule has 0 saturated carbocycles. The second-order valence-corrected chi connectivity index (χ2v) is 2.34. The second-order valence-electron chi connectivity index (χ2n) is 2.34. The molecule has 0 aromatic rings. The van der Waals surface area contributed by atoms with Gasteiger partial charge in [0.25, 0.3) is 0 Å². The smallest absolute Gasteiger partial charge is 0.106 e. The first-order valence-corrected chi connectivity index (χ1v) is 2.80. The Morgan fingerprint density at radius 2 is 2.11 bits per heavy atom. The minimum atomic E-state index is -0.587. The van der Waals surface area contributed by atoms with Crippen LogP contribution in [0.5, 0.6) is 0 Å². The van der Waals surface area contributed by atoms with E-state index in [1.165, 1.54) is 7.05 Å². The van der Waals surface area contributed by atoms with Crippen molar-refractivity contribution in [3.05, 3.63) is 5.21 Å². The van der Waals surface area contributed by atoms with Crippen molar-refractivity contribution in [3.8, 4) is 12.5 Å². The summed E-state index contributed by atoms with van der Waals surface area (Å²) in [6.07, 6.45) is 4.88. The zero-order chi connectivity index (χ0) is 7.49. The van der Waals surface area contributed by atoms with Crippen LogP contribution in [0.15, 0.2) is 0 Å². The molecule has 0 fully saturated rings. The highest BCUT2D eigenvalue weighted by Gasteiger charge is 2.12. The van der Waals surface area contributed by atoms with E-state index in [1.54, 1.807) is 13.8 Å². The van der Waals surface area contributed by atoms with E-state index >= 15 is 0 Å². The van der Waals surface area contributed by atoms with Crippen LogP contribution in [0.3, 0.4) is 0 Å². The molecule has 3 nitrogen and oxygen atoms in total. The molecule has 0 aliphatic carbocycles. The SMILES string of the molecule is C#CN[N+](C)([O-])C(C)C. The summed E-state index contributed by atoms with van der Waals surface area (Å²) in [5.41, 5.74) is 2.33. The molecular weight excluding hydrogens is 116 g/mol. The fourth-order valence-corrected chi connectivity index (χ4v) is 0.257. The topological polar surface area (TPSA) is 35.1 Å². The largest absolute Gasteiger partial charge is 0.606 e. The third-order valence-corrected chi connectivity index (χ3v) is 1.27. The molecule has 0 aromatic heterocycles. The quantitative estimate of drug-likeness (QED) is 0.253. The van der Waals surface area contributed by atoms with Crippen molar-refractivity contribution >= 4 is 0 Å². The van der Waals surface area contributed by atoms with Crippen LogP contribution in [0, 0.1) is 17.7 Å². The van der Waals surface area contributed by atoms with Gasteiger partial charge in [0.2, 0.25) is 0 Å². The fourth-order valence-electron chi connectivity index (χ4n) is 0.257. The molecule has 0 bridgehead atoms. The van der Waals surface area contributed by atoms with Gasteiger partial charge in [0.05, 0.1) is 13.1 Å².